The van der Waals surface area contributed by atoms with Gasteiger partial charge in [0.2, 0.25) is 0 Å². The Morgan fingerprint density at radius 1 is 0.955 bits per heavy atom. The van der Waals surface area contributed by atoms with E-state index in [1.54, 1.807) is 12.1 Å². The fraction of sp³-hybridized carbons (Fsp3) is 0.200. The van der Waals surface area contributed by atoms with Gasteiger partial charge in [-0.1, -0.05) is 29.3 Å². The van der Waals surface area contributed by atoms with Crippen molar-refractivity contribution in [3.05, 3.63) is 51.5 Å². The number of hydrogen-bond acceptors (Lipinski definition) is 3. The molecular weight excluding hydrogens is 345 g/mol. The number of halogens is 2. The van der Waals surface area contributed by atoms with Gasteiger partial charge in [0.05, 0.1) is 17.2 Å². The number of hydrogen-bond donors (Lipinski definition) is 1. The Hall–Kier alpha value is -1.43. The van der Waals surface area contributed by atoms with Crippen molar-refractivity contribution in [1.29, 1.82) is 0 Å². The number of benzene rings is 2. The third-order valence-corrected chi connectivity index (χ3v) is 5.11. The van der Waals surface area contributed by atoms with Gasteiger partial charge in [0.1, 0.15) is 10.6 Å². The van der Waals surface area contributed by atoms with E-state index in [1.807, 2.05) is 19.9 Å². The summed E-state index contributed by atoms with van der Waals surface area (Å²) in [5, 5.41) is 0.214. The molecule has 0 heterocycles. The molecule has 22 heavy (non-hydrogen) atoms. The lowest BCUT2D eigenvalue weighted by atomic mass is 10.1. The SMILES string of the molecule is COc1cc(Cl)c(S(=O)(=O)Nc2cc(C)cc(C)c2)cc1Cl. The lowest BCUT2D eigenvalue weighted by Crippen LogP contribution is -2.14. The van der Waals surface area contributed by atoms with Gasteiger partial charge in [0.15, 0.2) is 0 Å². The molecule has 0 aliphatic rings. The Balaban J connectivity index is 2.44. The van der Waals surface area contributed by atoms with Crippen molar-refractivity contribution in [2.75, 3.05) is 11.8 Å². The monoisotopic (exact) mass is 359 g/mol. The molecule has 0 aliphatic heterocycles. The lowest BCUT2D eigenvalue weighted by Gasteiger charge is -2.12. The zero-order valence-corrected chi connectivity index (χ0v) is 14.6. The molecule has 0 aliphatic carbocycles. The number of rotatable bonds is 4. The Labute approximate surface area is 140 Å². The van der Waals surface area contributed by atoms with Crippen molar-refractivity contribution >= 4 is 38.9 Å². The van der Waals surface area contributed by atoms with E-state index in [1.165, 1.54) is 19.2 Å². The number of sulfonamides is 1. The summed E-state index contributed by atoms with van der Waals surface area (Å²) in [4.78, 5) is -0.0980. The van der Waals surface area contributed by atoms with Gasteiger partial charge in [-0.3, -0.25) is 4.72 Å². The Morgan fingerprint density at radius 3 is 2.09 bits per heavy atom. The molecule has 2 aromatic rings. The van der Waals surface area contributed by atoms with E-state index < -0.39 is 10.0 Å². The Kier molecular flexibility index (Phi) is 4.90. The second kappa shape index (κ2) is 6.36. The van der Waals surface area contributed by atoms with Crippen molar-refractivity contribution in [3.63, 3.8) is 0 Å². The predicted molar refractivity (Wildman–Crippen MR) is 89.7 cm³/mol. The first-order valence-corrected chi connectivity index (χ1v) is 8.61. The molecule has 0 unspecified atom stereocenters. The highest BCUT2D eigenvalue weighted by molar-refractivity contribution is 7.92. The fourth-order valence-electron chi connectivity index (χ4n) is 2.12. The van der Waals surface area contributed by atoms with Crippen LogP contribution in [0, 0.1) is 13.8 Å². The van der Waals surface area contributed by atoms with E-state index in [4.69, 9.17) is 27.9 Å². The lowest BCUT2D eigenvalue weighted by molar-refractivity contribution is 0.414. The van der Waals surface area contributed by atoms with E-state index in [-0.39, 0.29) is 14.9 Å². The highest BCUT2D eigenvalue weighted by atomic mass is 35.5. The molecule has 0 saturated heterocycles. The first kappa shape index (κ1) is 16.9. The van der Waals surface area contributed by atoms with Gasteiger partial charge in [0, 0.05) is 11.8 Å². The summed E-state index contributed by atoms with van der Waals surface area (Å²) in [5.74, 6) is 0.317. The van der Waals surface area contributed by atoms with Crippen molar-refractivity contribution in [3.8, 4) is 5.75 Å². The molecule has 0 fully saturated rings. The van der Waals surface area contributed by atoms with Crippen LogP contribution < -0.4 is 9.46 Å². The van der Waals surface area contributed by atoms with Crippen LogP contribution in [0.5, 0.6) is 5.75 Å². The minimum Gasteiger partial charge on any atom is -0.495 e. The molecule has 1 N–H and O–H groups in total. The van der Waals surface area contributed by atoms with Gasteiger partial charge in [-0.25, -0.2) is 8.42 Å². The third kappa shape index (κ3) is 3.66. The van der Waals surface area contributed by atoms with Gasteiger partial charge in [0.25, 0.3) is 10.0 Å². The van der Waals surface area contributed by atoms with Crippen LogP contribution >= 0.6 is 23.2 Å². The Bertz CT molecular complexity index is 800. The second-order valence-electron chi connectivity index (χ2n) is 4.90. The maximum Gasteiger partial charge on any atom is 0.263 e. The average Bonchev–Trinajstić information content (AvgIpc) is 2.38. The summed E-state index contributed by atoms with van der Waals surface area (Å²) in [6.45, 7) is 3.78. The summed E-state index contributed by atoms with van der Waals surface area (Å²) < 4.78 is 32.5. The minimum atomic E-state index is -3.85. The highest BCUT2D eigenvalue weighted by Crippen LogP contribution is 2.34. The molecule has 2 aromatic carbocycles. The zero-order valence-electron chi connectivity index (χ0n) is 12.3. The van der Waals surface area contributed by atoms with Crippen LogP contribution in [0.1, 0.15) is 11.1 Å². The van der Waals surface area contributed by atoms with E-state index in [0.29, 0.717) is 11.4 Å². The molecule has 0 saturated carbocycles. The van der Waals surface area contributed by atoms with Gasteiger partial charge in [-0.15, -0.1) is 0 Å². The van der Waals surface area contributed by atoms with Crippen LogP contribution in [0.2, 0.25) is 10.0 Å². The van der Waals surface area contributed by atoms with Crippen LogP contribution in [0.25, 0.3) is 0 Å². The molecule has 7 heteroatoms. The number of anilines is 1. The van der Waals surface area contributed by atoms with Crippen LogP contribution in [0.4, 0.5) is 5.69 Å². The fourth-order valence-corrected chi connectivity index (χ4v) is 4.01. The molecule has 0 radical (unpaired) electrons. The molecule has 118 valence electrons. The molecule has 2 rings (SSSR count). The van der Waals surface area contributed by atoms with Crippen LogP contribution in [0.3, 0.4) is 0 Å². The second-order valence-corrected chi connectivity index (χ2v) is 7.36. The normalized spacial score (nSPS) is 11.3. The van der Waals surface area contributed by atoms with Crippen molar-refractivity contribution in [2.45, 2.75) is 18.7 Å². The molecular formula is C15H15Cl2NO3S. The van der Waals surface area contributed by atoms with Gasteiger partial charge < -0.3 is 4.74 Å². The summed E-state index contributed by atoms with van der Waals surface area (Å²) in [6, 6.07) is 8.08. The third-order valence-electron chi connectivity index (χ3n) is 2.97. The molecule has 0 amide bonds. The molecule has 4 nitrogen and oxygen atoms in total. The zero-order chi connectivity index (χ0) is 16.5. The van der Waals surface area contributed by atoms with Crippen molar-refractivity contribution in [1.82, 2.24) is 0 Å². The predicted octanol–water partition coefficient (Wildman–Crippen LogP) is 4.42. The van der Waals surface area contributed by atoms with Crippen molar-refractivity contribution in [2.24, 2.45) is 0 Å². The van der Waals surface area contributed by atoms with Gasteiger partial charge in [-0.2, -0.15) is 0 Å². The molecule has 0 bridgehead atoms. The summed E-state index contributed by atoms with van der Waals surface area (Å²) in [6.07, 6.45) is 0. The summed E-state index contributed by atoms with van der Waals surface area (Å²) >= 11 is 12.0. The standard InChI is InChI=1S/C15H15Cl2NO3S/c1-9-4-10(2)6-11(5-9)18-22(19,20)15-8-12(16)14(21-3)7-13(15)17/h4-8,18H,1-3H3. The molecule has 0 atom stereocenters. The Morgan fingerprint density at radius 2 is 1.55 bits per heavy atom. The number of nitrogens with one attached hydrogen (secondary N) is 1. The first-order valence-electron chi connectivity index (χ1n) is 6.37. The minimum absolute atomic E-state index is 0.0399. The van der Waals surface area contributed by atoms with Gasteiger partial charge >= 0.3 is 0 Å². The molecule has 0 aromatic heterocycles. The van der Waals surface area contributed by atoms with Crippen LogP contribution in [-0.4, -0.2) is 15.5 Å². The number of ether oxygens (including phenoxy) is 1. The van der Waals surface area contributed by atoms with Gasteiger partial charge in [-0.05, 0) is 43.2 Å². The smallest absolute Gasteiger partial charge is 0.263 e. The summed E-state index contributed by atoms with van der Waals surface area (Å²) in [5.41, 5.74) is 2.38. The largest absolute Gasteiger partial charge is 0.495 e. The van der Waals surface area contributed by atoms with E-state index in [9.17, 15) is 8.42 Å². The van der Waals surface area contributed by atoms with E-state index in [2.05, 4.69) is 4.72 Å². The number of methoxy groups -OCH3 is 1. The molecule has 0 spiro atoms. The van der Waals surface area contributed by atoms with Crippen LogP contribution in [0.15, 0.2) is 35.2 Å². The maximum absolute atomic E-state index is 12.5. The first-order chi connectivity index (χ1) is 10.2. The van der Waals surface area contributed by atoms with Crippen molar-refractivity contribution < 1.29 is 13.2 Å². The van der Waals surface area contributed by atoms with E-state index >= 15 is 0 Å². The van der Waals surface area contributed by atoms with E-state index in [0.717, 1.165) is 11.1 Å². The summed E-state index contributed by atoms with van der Waals surface area (Å²) in [7, 11) is -2.42. The number of aryl methyl sites for hydroxylation is 2. The maximum atomic E-state index is 12.5. The quantitative estimate of drug-likeness (QED) is 0.878. The van der Waals surface area contributed by atoms with Crippen LogP contribution in [-0.2, 0) is 10.0 Å². The topological polar surface area (TPSA) is 55.4 Å². The average molecular weight is 360 g/mol. The highest BCUT2D eigenvalue weighted by Gasteiger charge is 2.21.